The number of nitrogens with one attached hydrogen (secondary N) is 1. The molecular formula is C20H29ClN2O3. The molecule has 1 aromatic rings. The lowest BCUT2D eigenvalue weighted by Crippen LogP contribution is -2.55. The Morgan fingerprint density at radius 2 is 2.00 bits per heavy atom. The van der Waals surface area contributed by atoms with E-state index in [1.54, 1.807) is 13.8 Å². The quantitative estimate of drug-likeness (QED) is 0.743. The fraction of sp³-hybridized carbons (Fsp3) is 0.600. The van der Waals surface area contributed by atoms with Crippen molar-refractivity contribution in [3.8, 4) is 0 Å². The first-order valence-electron chi connectivity index (χ1n) is 8.98. The predicted molar refractivity (Wildman–Crippen MR) is 103 cm³/mol. The second-order valence-electron chi connectivity index (χ2n) is 8.30. The summed E-state index contributed by atoms with van der Waals surface area (Å²) >= 11 is 6.03. The summed E-state index contributed by atoms with van der Waals surface area (Å²) in [5.41, 5.74) is 5.55. The number of hydrogen-bond donors (Lipinski definition) is 2. The molecule has 0 spiro atoms. The van der Waals surface area contributed by atoms with Gasteiger partial charge >= 0.3 is 0 Å². The van der Waals surface area contributed by atoms with Crippen LogP contribution in [0.4, 0.5) is 0 Å². The third-order valence-corrected chi connectivity index (χ3v) is 5.17. The zero-order valence-corrected chi connectivity index (χ0v) is 16.7. The molecule has 1 saturated heterocycles. The summed E-state index contributed by atoms with van der Waals surface area (Å²) in [6.45, 7) is 7.98. The van der Waals surface area contributed by atoms with Crippen molar-refractivity contribution in [3.05, 3.63) is 34.9 Å². The first-order chi connectivity index (χ1) is 12.0. The van der Waals surface area contributed by atoms with E-state index in [4.69, 9.17) is 22.1 Å². The van der Waals surface area contributed by atoms with Crippen LogP contribution in [0, 0.1) is 5.92 Å². The van der Waals surface area contributed by atoms with Crippen LogP contribution in [0.5, 0.6) is 0 Å². The minimum absolute atomic E-state index is 0.167. The highest BCUT2D eigenvalue weighted by Crippen LogP contribution is 2.40. The van der Waals surface area contributed by atoms with Crippen molar-refractivity contribution in [2.45, 2.75) is 63.6 Å². The van der Waals surface area contributed by atoms with E-state index < -0.39 is 11.6 Å². The lowest BCUT2D eigenvalue weighted by atomic mass is 9.73. The molecular weight excluding hydrogens is 352 g/mol. The largest absolute Gasteiger partial charge is 0.376 e. The Balaban J connectivity index is 2.36. The number of rotatable bonds is 6. The summed E-state index contributed by atoms with van der Waals surface area (Å²) in [7, 11) is 0. The first kappa shape index (κ1) is 20.9. The van der Waals surface area contributed by atoms with E-state index in [1.165, 1.54) is 0 Å². The average Bonchev–Trinajstić information content (AvgIpc) is 2.54. The maximum atomic E-state index is 12.4. The monoisotopic (exact) mass is 380 g/mol. The molecule has 0 radical (unpaired) electrons. The molecule has 6 heteroatoms. The van der Waals surface area contributed by atoms with Gasteiger partial charge in [-0.25, -0.2) is 0 Å². The summed E-state index contributed by atoms with van der Waals surface area (Å²) in [5, 5.41) is 3.47. The SMILES string of the molecule is CC1(C)CC(C(c2ccc(Cl)cc2)C(C=O)NC(=O)C(C)(C)N)CCO1. The number of nitrogens with two attached hydrogens (primary N) is 1. The van der Waals surface area contributed by atoms with Gasteiger partial charge in [0.25, 0.3) is 0 Å². The molecule has 1 aromatic carbocycles. The maximum Gasteiger partial charge on any atom is 0.240 e. The van der Waals surface area contributed by atoms with E-state index >= 15 is 0 Å². The number of carbonyl (C=O) groups excluding carboxylic acids is 2. The third-order valence-electron chi connectivity index (χ3n) is 4.91. The highest BCUT2D eigenvalue weighted by atomic mass is 35.5. The fourth-order valence-corrected chi connectivity index (χ4v) is 3.72. The van der Waals surface area contributed by atoms with Crippen LogP contribution in [0.25, 0.3) is 0 Å². The first-order valence-corrected chi connectivity index (χ1v) is 9.36. The van der Waals surface area contributed by atoms with Crippen LogP contribution in [0.2, 0.25) is 5.02 Å². The van der Waals surface area contributed by atoms with Crippen LogP contribution in [0.1, 0.15) is 52.0 Å². The summed E-state index contributed by atoms with van der Waals surface area (Å²) in [5.74, 6) is -0.324. The Morgan fingerprint density at radius 3 is 2.50 bits per heavy atom. The number of amides is 1. The number of aldehydes is 1. The lowest BCUT2D eigenvalue weighted by Gasteiger charge is -2.41. The number of benzene rings is 1. The molecule has 1 fully saturated rings. The van der Waals surface area contributed by atoms with Crippen molar-refractivity contribution in [2.24, 2.45) is 11.7 Å². The predicted octanol–water partition coefficient (Wildman–Crippen LogP) is 3.05. The van der Waals surface area contributed by atoms with Gasteiger partial charge < -0.3 is 20.6 Å². The summed E-state index contributed by atoms with van der Waals surface area (Å²) in [6, 6.07) is 6.80. The number of halogens is 1. The Morgan fingerprint density at radius 1 is 1.38 bits per heavy atom. The van der Waals surface area contributed by atoms with Crippen molar-refractivity contribution in [3.63, 3.8) is 0 Å². The molecule has 0 aromatic heterocycles. The minimum atomic E-state index is -1.05. The summed E-state index contributed by atoms with van der Waals surface area (Å²) in [6.07, 6.45) is 2.43. The van der Waals surface area contributed by atoms with Crippen LogP contribution in [0.3, 0.4) is 0 Å². The van der Waals surface area contributed by atoms with Gasteiger partial charge in [0.15, 0.2) is 0 Å². The molecule has 2 rings (SSSR count). The Labute approximate surface area is 160 Å². The van der Waals surface area contributed by atoms with E-state index in [1.807, 2.05) is 24.3 Å². The zero-order valence-electron chi connectivity index (χ0n) is 15.9. The number of carbonyl (C=O) groups is 2. The van der Waals surface area contributed by atoms with E-state index in [0.717, 1.165) is 24.7 Å². The van der Waals surface area contributed by atoms with Crippen LogP contribution in [-0.2, 0) is 14.3 Å². The molecule has 0 bridgehead atoms. The molecule has 3 unspecified atom stereocenters. The Hall–Kier alpha value is -1.43. The van der Waals surface area contributed by atoms with Gasteiger partial charge in [-0.2, -0.15) is 0 Å². The molecule has 1 aliphatic rings. The van der Waals surface area contributed by atoms with Crippen molar-refractivity contribution < 1.29 is 14.3 Å². The summed E-state index contributed by atoms with van der Waals surface area (Å²) < 4.78 is 5.83. The zero-order chi connectivity index (χ0) is 19.5. The standard InChI is InChI=1S/C20H29ClN2O3/c1-19(2)11-14(9-10-26-19)17(13-5-7-15(21)8-6-13)16(12-24)23-18(25)20(3,4)22/h5-8,12,14,16-17H,9-11,22H2,1-4H3,(H,23,25). The van der Waals surface area contributed by atoms with E-state index in [2.05, 4.69) is 19.2 Å². The number of hydrogen-bond acceptors (Lipinski definition) is 4. The van der Waals surface area contributed by atoms with Gasteiger partial charge in [0.1, 0.15) is 6.29 Å². The van der Waals surface area contributed by atoms with Crippen molar-refractivity contribution in [1.82, 2.24) is 5.32 Å². The van der Waals surface area contributed by atoms with Gasteiger partial charge in [-0.1, -0.05) is 23.7 Å². The molecule has 26 heavy (non-hydrogen) atoms. The molecule has 1 aliphatic heterocycles. The molecule has 144 valence electrons. The third kappa shape index (κ3) is 5.29. The van der Waals surface area contributed by atoms with Crippen LogP contribution < -0.4 is 11.1 Å². The Kier molecular flexibility index (Phi) is 6.48. The van der Waals surface area contributed by atoms with Crippen molar-refractivity contribution >= 4 is 23.8 Å². The topological polar surface area (TPSA) is 81.4 Å². The fourth-order valence-electron chi connectivity index (χ4n) is 3.59. The second kappa shape index (κ2) is 8.07. The van der Waals surface area contributed by atoms with Gasteiger partial charge in [0.2, 0.25) is 5.91 Å². The van der Waals surface area contributed by atoms with Crippen LogP contribution >= 0.6 is 11.6 Å². The van der Waals surface area contributed by atoms with Gasteiger partial charge in [-0.15, -0.1) is 0 Å². The minimum Gasteiger partial charge on any atom is -0.376 e. The normalized spacial score (nSPS) is 22.3. The molecule has 0 saturated carbocycles. The van der Waals surface area contributed by atoms with Gasteiger partial charge in [0, 0.05) is 17.5 Å². The molecule has 3 N–H and O–H groups in total. The smallest absolute Gasteiger partial charge is 0.240 e. The lowest BCUT2D eigenvalue weighted by molar-refractivity contribution is -0.128. The summed E-state index contributed by atoms with van der Waals surface area (Å²) in [4.78, 5) is 24.3. The molecule has 5 nitrogen and oxygen atoms in total. The number of ether oxygens (including phenoxy) is 1. The molecule has 1 heterocycles. The molecule has 0 aliphatic carbocycles. The molecule has 1 amide bonds. The van der Waals surface area contributed by atoms with Crippen LogP contribution in [-0.4, -0.2) is 36.0 Å². The van der Waals surface area contributed by atoms with E-state index in [-0.39, 0.29) is 23.3 Å². The Bertz CT molecular complexity index is 637. The second-order valence-corrected chi connectivity index (χ2v) is 8.73. The van der Waals surface area contributed by atoms with Gasteiger partial charge in [0.05, 0.1) is 17.2 Å². The maximum absolute atomic E-state index is 12.4. The van der Waals surface area contributed by atoms with Crippen molar-refractivity contribution in [1.29, 1.82) is 0 Å². The van der Waals surface area contributed by atoms with Crippen LogP contribution in [0.15, 0.2) is 24.3 Å². The molecule has 3 atom stereocenters. The van der Waals surface area contributed by atoms with Crippen molar-refractivity contribution in [2.75, 3.05) is 6.61 Å². The highest BCUT2D eigenvalue weighted by Gasteiger charge is 2.39. The van der Waals surface area contributed by atoms with Gasteiger partial charge in [-0.3, -0.25) is 4.79 Å². The van der Waals surface area contributed by atoms with E-state index in [0.29, 0.717) is 11.6 Å². The average molecular weight is 381 g/mol. The van der Waals surface area contributed by atoms with E-state index in [9.17, 15) is 9.59 Å². The highest BCUT2D eigenvalue weighted by molar-refractivity contribution is 6.30. The van der Waals surface area contributed by atoms with Gasteiger partial charge in [-0.05, 0) is 64.2 Å².